The van der Waals surface area contributed by atoms with E-state index in [0.29, 0.717) is 11.4 Å². The molecule has 1 heterocycles. The maximum Gasteiger partial charge on any atom is 0.195 e. The summed E-state index contributed by atoms with van der Waals surface area (Å²) in [4.78, 5) is 16.0. The normalized spacial score (nSPS) is 10.4. The van der Waals surface area contributed by atoms with E-state index in [0.717, 1.165) is 11.1 Å². The predicted molar refractivity (Wildman–Crippen MR) is 82.0 cm³/mol. The van der Waals surface area contributed by atoms with Crippen molar-refractivity contribution in [2.45, 2.75) is 6.42 Å². The molecule has 0 aliphatic rings. The largest absolute Gasteiger partial charge is 0.291 e. The van der Waals surface area contributed by atoms with E-state index in [2.05, 4.69) is 29.2 Å². The third-order valence-electron chi connectivity index (χ3n) is 3.10. The molecule has 20 heavy (non-hydrogen) atoms. The van der Waals surface area contributed by atoms with Gasteiger partial charge < -0.3 is 0 Å². The third kappa shape index (κ3) is 2.83. The van der Waals surface area contributed by atoms with Gasteiger partial charge in [-0.1, -0.05) is 54.6 Å². The number of nitrogens with zero attached hydrogens (tertiary/aromatic N) is 1. The second-order valence-corrected chi connectivity index (χ2v) is 5.39. The van der Waals surface area contributed by atoms with Crippen LogP contribution in [-0.2, 0) is 6.42 Å². The number of carbonyl (C=O) groups excluding carboxylic acids is 1. The molecule has 0 aliphatic carbocycles. The van der Waals surface area contributed by atoms with E-state index in [4.69, 9.17) is 0 Å². The summed E-state index contributed by atoms with van der Waals surface area (Å²) in [6.07, 6.45) is 2.07. The van der Waals surface area contributed by atoms with E-state index in [1.54, 1.807) is 6.20 Å². The summed E-state index contributed by atoms with van der Waals surface area (Å²) in [7, 11) is 0. The topological polar surface area (TPSA) is 30.0 Å². The molecule has 0 fully saturated rings. The van der Waals surface area contributed by atoms with Gasteiger partial charge in [-0.15, -0.1) is 11.3 Å². The highest BCUT2D eigenvalue weighted by Crippen LogP contribution is 2.20. The van der Waals surface area contributed by atoms with E-state index >= 15 is 0 Å². The first-order valence-corrected chi connectivity index (χ1v) is 7.28. The Kier molecular flexibility index (Phi) is 3.70. The van der Waals surface area contributed by atoms with E-state index in [1.807, 2.05) is 35.7 Å². The minimum absolute atomic E-state index is 0.0764. The fraction of sp³-hybridized carbons (Fsp3) is 0.0588. The molecule has 98 valence electrons. The summed E-state index contributed by atoms with van der Waals surface area (Å²) >= 11 is 1.39. The third-order valence-corrected chi connectivity index (χ3v) is 3.91. The second-order valence-electron chi connectivity index (χ2n) is 4.50. The Morgan fingerprint density at radius 2 is 1.65 bits per heavy atom. The van der Waals surface area contributed by atoms with Gasteiger partial charge in [0.25, 0.3) is 0 Å². The molecule has 1 aromatic heterocycles. The molecule has 3 rings (SSSR count). The van der Waals surface area contributed by atoms with Crippen LogP contribution in [0.1, 0.15) is 15.4 Å². The Morgan fingerprint density at radius 1 is 0.950 bits per heavy atom. The Bertz CT molecular complexity index is 688. The van der Waals surface area contributed by atoms with Crippen molar-refractivity contribution in [3.05, 3.63) is 76.7 Å². The van der Waals surface area contributed by atoms with Crippen molar-refractivity contribution in [2.24, 2.45) is 0 Å². The lowest BCUT2D eigenvalue weighted by Crippen LogP contribution is -2.02. The van der Waals surface area contributed by atoms with Crippen LogP contribution in [0.5, 0.6) is 0 Å². The van der Waals surface area contributed by atoms with Crippen molar-refractivity contribution in [1.29, 1.82) is 0 Å². The zero-order valence-corrected chi connectivity index (χ0v) is 11.6. The van der Waals surface area contributed by atoms with Crippen LogP contribution in [0.15, 0.2) is 66.2 Å². The monoisotopic (exact) mass is 279 g/mol. The molecule has 2 aromatic carbocycles. The van der Waals surface area contributed by atoms with Gasteiger partial charge in [0.1, 0.15) is 0 Å². The smallest absolute Gasteiger partial charge is 0.195 e. The first kappa shape index (κ1) is 12.8. The average Bonchev–Trinajstić information content (AvgIpc) is 3.03. The molecule has 3 heteroatoms. The molecule has 3 aromatic rings. The quantitative estimate of drug-likeness (QED) is 0.669. The average molecular weight is 279 g/mol. The fourth-order valence-electron chi connectivity index (χ4n) is 2.07. The van der Waals surface area contributed by atoms with Crippen LogP contribution >= 0.6 is 11.3 Å². The molecule has 0 N–H and O–H groups in total. The van der Waals surface area contributed by atoms with Gasteiger partial charge in [0, 0.05) is 18.0 Å². The highest BCUT2D eigenvalue weighted by molar-refractivity contribution is 7.11. The Balaban J connectivity index is 1.75. The zero-order chi connectivity index (χ0) is 13.8. The molecule has 0 unspecified atom stereocenters. The molecule has 0 radical (unpaired) electrons. The van der Waals surface area contributed by atoms with Crippen molar-refractivity contribution in [3.63, 3.8) is 0 Å². The molecular formula is C17H13NOS. The Hall–Kier alpha value is -2.26. The summed E-state index contributed by atoms with van der Waals surface area (Å²) in [6, 6.07) is 18.3. The van der Waals surface area contributed by atoms with Gasteiger partial charge >= 0.3 is 0 Å². The summed E-state index contributed by atoms with van der Waals surface area (Å²) in [6.45, 7) is 0. The number of hydrogen-bond acceptors (Lipinski definition) is 3. The van der Waals surface area contributed by atoms with Crippen molar-refractivity contribution in [3.8, 4) is 11.1 Å². The first-order chi connectivity index (χ1) is 9.83. The second kappa shape index (κ2) is 5.80. The van der Waals surface area contributed by atoms with Gasteiger partial charge in [0.15, 0.2) is 10.8 Å². The van der Waals surface area contributed by atoms with E-state index in [9.17, 15) is 4.79 Å². The fourth-order valence-corrected chi connectivity index (χ4v) is 2.64. The minimum atomic E-state index is 0.0764. The van der Waals surface area contributed by atoms with Crippen LogP contribution in [-0.4, -0.2) is 10.8 Å². The van der Waals surface area contributed by atoms with E-state index in [-0.39, 0.29) is 5.78 Å². The van der Waals surface area contributed by atoms with Crippen LogP contribution in [0.25, 0.3) is 11.1 Å². The molecule has 0 saturated carbocycles. The van der Waals surface area contributed by atoms with Crippen molar-refractivity contribution < 1.29 is 4.79 Å². The first-order valence-electron chi connectivity index (χ1n) is 6.40. The molecule has 0 saturated heterocycles. The van der Waals surface area contributed by atoms with Crippen LogP contribution in [0.4, 0.5) is 0 Å². The SMILES string of the molecule is O=C(Cc1ccc(-c2ccccc2)cc1)c1nccs1. The van der Waals surface area contributed by atoms with Gasteiger partial charge in [-0.25, -0.2) is 4.98 Å². The number of thiazole rings is 1. The van der Waals surface area contributed by atoms with Crippen molar-refractivity contribution in [2.75, 3.05) is 0 Å². The van der Waals surface area contributed by atoms with Crippen LogP contribution in [0, 0.1) is 0 Å². The summed E-state index contributed by atoms with van der Waals surface area (Å²) in [5, 5.41) is 2.41. The lowest BCUT2D eigenvalue weighted by Gasteiger charge is -2.03. The van der Waals surface area contributed by atoms with Crippen molar-refractivity contribution in [1.82, 2.24) is 4.98 Å². The summed E-state index contributed by atoms with van der Waals surface area (Å²) in [5.41, 5.74) is 3.37. The van der Waals surface area contributed by atoms with Crippen LogP contribution < -0.4 is 0 Å². The van der Waals surface area contributed by atoms with Gasteiger partial charge in [0.2, 0.25) is 0 Å². The number of Topliss-reactive ketones (excluding diaryl/α,β-unsaturated/α-hetero) is 1. The molecule has 0 atom stereocenters. The number of carbonyl (C=O) groups is 1. The molecule has 0 spiro atoms. The number of hydrogen-bond donors (Lipinski definition) is 0. The molecular weight excluding hydrogens is 266 g/mol. The number of rotatable bonds is 4. The summed E-state index contributed by atoms with van der Waals surface area (Å²) in [5.74, 6) is 0.0764. The zero-order valence-electron chi connectivity index (χ0n) is 10.8. The van der Waals surface area contributed by atoms with E-state index in [1.165, 1.54) is 16.9 Å². The summed E-state index contributed by atoms with van der Waals surface area (Å²) < 4.78 is 0. The molecule has 2 nitrogen and oxygen atoms in total. The lowest BCUT2D eigenvalue weighted by molar-refractivity contribution is 0.0992. The number of benzene rings is 2. The number of aromatic nitrogens is 1. The Labute approximate surface area is 121 Å². The highest BCUT2D eigenvalue weighted by atomic mass is 32.1. The van der Waals surface area contributed by atoms with Crippen LogP contribution in [0.3, 0.4) is 0 Å². The van der Waals surface area contributed by atoms with Gasteiger partial charge in [0.05, 0.1) is 0 Å². The standard InChI is InChI=1S/C17H13NOS/c19-16(17-18-10-11-20-17)12-13-6-8-15(9-7-13)14-4-2-1-3-5-14/h1-11H,12H2. The van der Waals surface area contributed by atoms with Crippen molar-refractivity contribution >= 4 is 17.1 Å². The molecule has 0 amide bonds. The molecule has 0 aliphatic heterocycles. The molecule has 0 bridgehead atoms. The van der Waals surface area contributed by atoms with Gasteiger partial charge in [-0.2, -0.15) is 0 Å². The lowest BCUT2D eigenvalue weighted by atomic mass is 10.0. The number of ketones is 1. The van der Waals surface area contributed by atoms with Crippen LogP contribution in [0.2, 0.25) is 0 Å². The minimum Gasteiger partial charge on any atom is -0.291 e. The highest BCUT2D eigenvalue weighted by Gasteiger charge is 2.09. The maximum atomic E-state index is 12.0. The maximum absolute atomic E-state index is 12.0. The predicted octanol–water partition coefficient (Wildman–Crippen LogP) is 4.24. The van der Waals surface area contributed by atoms with E-state index < -0.39 is 0 Å². The Morgan fingerprint density at radius 3 is 2.30 bits per heavy atom. The van der Waals surface area contributed by atoms with Gasteiger partial charge in [-0.05, 0) is 16.7 Å². The van der Waals surface area contributed by atoms with Gasteiger partial charge in [-0.3, -0.25) is 4.79 Å².